The number of benzene rings is 2. The fourth-order valence-electron chi connectivity index (χ4n) is 3.75. The number of carbonyl (C=O) groups is 3. The number of aryl methyl sites for hydroxylation is 2. The molecule has 0 saturated carbocycles. The molecule has 0 fully saturated rings. The topological polar surface area (TPSA) is 75.7 Å². The molecular formula is C23H26N2O4. The number of hydrazine groups is 1. The molecule has 0 spiro atoms. The number of carbonyl (C=O) groups excluding carboxylic acids is 3. The van der Waals surface area contributed by atoms with Crippen LogP contribution in [0.15, 0.2) is 42.5 Å². The maximum Gasteiger partial charge on any atom is 0.313 e. The maximum absolute atomic E-state index is 13.3. The van der Waals surface area contributed by atoms with E-state index in [9.17, 15) is 14.4 Å². The van der Waals surface area contributed by atoms with Gasteiger partial charge in [0, 0.05) is 6.42 Å². The van der Waals surface area contributed by atoms with E-state index in [0.717, 1.165) is 40.9 Å². The molecule has 0 saturated heterocycles. The number of hydrogen-bond acceptors (Lipinski definition) is 5. The van der Waals surface area contributed by atoms with Crippen LogP contribution in [0.25, 0.3) is 0 Å². The quantitative estimate of drug-likeness (QED) is 0.545. The van der Waals surface area contributed by atoms with Crippen molar-refractivity contribution in [3.8, 4) is 0 Å². The molecule has 0 radical (unpaired) electrons. The van der Waals surface area contributed by atoms with Crippen molar-refractivity contribution in [1.29, 1.82) is 0 Å². The summed E-state index contributed by atoms with van der Waals surface area (Å²) in [5.41, 5.74) is 7.89. The van der Waals surface area contributed by atoms with Gasteiger partial charge in [-0.25, -0.2) is 5.01 Å². The first-order chi connectivity index (χ1) is 14.0. The van der Waals surface area contributed by atoms with Gasteiger partial charge in [-0.1, -0.05) is 50.2 Å². The second-order valence-corrected chi connectivity index (χ2v) is 7.05. The molecule has 6 nitrogen and oxygen atoms in total. The molecule has 1 amide bonds. The zero-order valence-electron chi connectivity index (χ0n) is 17.0. The van der Waals surface area contributed by atoms with Crippen molar-refractivity contribution in [3.63, 3.8) is 0 Å². The van der Waals surface area contributed by atoms with E-state index in [1.54, 1.807) is 5.01 Å². The minimum atomic E-state index is -0.616. The van der Waals surface area contributed by atoms with Gasteiger partial charge in [0.1, 0.15) is 12.2 Å². The zero-order valence-corrected chi connectivity index (χ0v) is 17.0. The van der Waals surface area contributed by atoms with Crippen molar-refractivity contribution in [2.45, 2.75) is 45.4 Å². The lowest BCUT2D eigenvalue weighted by molar-refractivity contribution is -0.143. The number of methoxy groups -OCH3 is 1. The number of Topliss-reactive ketones (excluding diaryl/α,β-unsaturated/α-hetero) is 1. The van der Waals surface area contributed by atoms with Gasteiger partial charge in [0.05, 0.1) is 24.4 Å². The van der Waals surface area contributed by atoms with Gasteiger partial charge in [-0.3, -0.25) is 19.8 Å². The number of amides is 1. The molecular weight excluding hydrogens is 368 g/mol. The third kappa shape index (κ3) is 4.16. The van der Waals surface area contributed by atoms with Crippen LogP contribution in [0.5, 0.6) is 0 Å². The first kappa shape index (κ1) is 20.6. The molecule has 152 valence electrons. The van der Waals surface area contributed by atoms with E-state index in [-0.39, 0.29) is 24.5 Å². The van der Waals surface area contributed by atoms with Crippen molar-refractivity contribution in [2.75, 3.05) is 17.5 Å². The van der Waals surface area contributed by atoms with Gasteiger partial charge in [0.15, 0.2) is 0 Å². The van der Waals surface area contributed by atoms with Gasteiger partial charge >= 0.3 is 5.97 Å². The van der Waals surface area contributed by atoms with E-state index >= 15 is 0 Å². The number of esters is 1. The Balaban J connectivity index is 1.95. The first-order valence-corrected chi connectivity index (χ1v) is 9.88. The molecule has 1 heterocycles. The Morgan fingerprint density at radius 2 is 1.72 bits per heavy atom. The minimum Gasteiger partial charge on any atom is -0.469 e. The predicted octanol–water partition coefficient (Wildman–Crippen LogP) is 3.79. The minimum absolute atomic E-state index is 0.0261. The molecule has 1 N–H and O–H groups in total. The van der Waals surface area contributed by atoms with Crippen molar-refractivity contribution in [1.82, 2.24) is 0 Å². The number of para-hydroxylation sites is 2. The number of fused-ring (bicyclic) bond motifs is 1. The third-order valence-electron chi connectivity index (χ3n) is 5.28. The summed E-state index contributed by atoms with van der Waals surface area (Å²) in [6, 6.07) is 13.6. The van der Waals surface area contributed by atoms with Crippen LogP contribution in [0.1, 0.15) is 49.3 Å². The number of nitrogens with zero attached hydrogens (tertiary/aromatic N) is 1. The summed E-state index contributed by atoms with van der Waals surface area (Å²) >= 11 is 0. The van der Waals surface area contributed by atoms with Crippen LogP contribution < -0.4 is 10.4 Å². The summed E-state index contributed by atoms with van der Waals surface area (Å²) in [4.78, 5) is 37.1. The van der Waals surface area contributed by atoms with E-state index in [2.05, 4.69) is 17.1 Å². The molecule has 2 aromatic rings. The second kappa shape index (κ2) is 8.90. The maximum atomic E-state index is 13.3. The van der Waals surface area contributed by atoms with Crippen molar-refractivity contribution in [2.24, 2.45) is 0 Å². The SMILES string of the molecule is CCc1ccccc1NN1C(=O)C(CC(=O)CC(=O)OC)c2cccc(CC)c21. The van der Waals surface area contributed by atoms with Crippen LogP contribution in [-0.4, -0.2) is 24.8 Å². The number of anilines is 2. The lowest BCUT2D eigenvalue weighted by atomic mass is 9.92. The van der Waals surface area contributed by atoms with Gasteiger partial charge in [0.2, 0.25) is 0 Å². The van der Waals surface area contributed by atoms with Crippen LogP contribution in [0.2, 0.25) is 0 Å². The first-order valence-electron chi connectivity index (χ1n) is 9.88. The number of nitrogens with one attached hydrogen (secondary N) is 1. The molecule has 0 aliphatic carbocycles. The van der Waals surface area contributed by atoms with E-state index in [1.807, 2.05) is 49.4 Å². The molecule has 3 rings (SSSR count). The van der Waals surface area contributed by atoms with Crippen LogP contribution in [-0.2, 0) is 32.0 Å². The summed E-state index contributed by atoms with van der Waals surface area (Å²) in [5, 5.41) is 1.57. The Bertz CT molecular complexity index is 938. The molecule has 1 aliphatic rings. The average Bonchev–Trinajstić information content (AvgIpc) is 2.99. The molecule has 2 aromatic carbocycles. The molecule has 0 bridgehead atoms. The van der Waals surface area contributed by atoms with E-state index < -0.39 is 11.9 Å². The summed E-state index contributed by atoms with van der Waals surface area (Å²) in [7, 11) is 1.25. The third-order valence-corrected chi connectivity index (χ3v) is 5.28. The fraction of sp³-hybridized carbons (Fsp3) is 0.348. The largest absolute Gasteiger partial charge is 0.469 e. The highest BCUT2D eigenvalue weighted by atomic mass is 16.5. The van der Waals surface area contributed by atoms with Crippen LogP contribution in [0.4, 0.5) is 11.4 Å². The zero-order chi connectivity index (χ0) is 21.0. The Hall–Kier alpha value is -3.15. The summed E-state index contributed by atoms with van der Waals surface area (Å²) < 4.78 is 4.58. The van der Waals surface area contributed by atoms with Crippen LogP contribution in [0.3, 0.4) is 0 Å². The molecule has 29 heavy (non-hydrogen) atoms. The smallest absolute Gasteiger partial charge is 0.313 e. The molecule has 1 aliphatic heterocycles. The van der Waals surface area contributed by atoms with Gasteiger partial charge in [0.25, 0.3) is 5.91 Å². The lowest BCUT2D eigenvalue weighted by Crippen LogP contribution is -2.35. The molecule has 0 aromatic heterocycles. The average molecular weight is 394 g/mol. The Labute approximate surface area is 170 Å². The van der Waals surface area contributed by atoms with E-state index in [0.29, 0.717) is 0 Å². The highest BCUT2D eigenvalue weighted by molar-refractivity contribution is 6.09. The summed E-state index contributed by atoms with van der Waals surface area (Å²) in [6.45, 7) is 4.10. The van der Waals surface area contributed by atoms with Crippen LogP contribution in [0, 0.1) is 0 Å². The van der Waals surface area contributed by atoms with Crippen molar-refractivity contribution in [3.05, 3.63) is 59.2 Å². The number of ether oxygens (including phenoxy) is 1. The van der Waals surface area contributed by atoms with Crippen LogP contribution >= 0.6 is 0 Å². The molecule has 6 heteroatoms. The fourth-order valence-corrected chi connectivity index (χ4v) is 3.75. The van der Waals surface area contributed by atoms with E-state index in [1.165, 1.54) is 7.11 Å². The number of ketones is 1. The Morgan fingerprint density at radius 3 is 2.41 bits per heavy atom. The Kier molecular flexibility index (Phi) is 6.32. The highest BCUT2D eigenvalue weighted by Crippen LogP contribution is 2.42. The standard InChI is InChI=1S/C23H26N2O4/c1-4-15-9-6-7-12-20(15)24-25-22-16(5-2)10-8-11-18(22)19(23(25)28)13-17(26)14-21(27)29-3/h6-12,19,24H,4-5,13-14H2,1-3H3. The normalized spacial score (nSPS) is 15.2. The number of rotatable bonds is 8. The second-order valence-electron chi connectivity index (χ2n) is 7.05. The Morgan fingerprint density at radius 1 is 1.03 bits per heavy atom. The summed E-state index contributed by atoms with van der Waals surface area (Å²) in [6.07, 6.45) is 1.23. The van der Waals surface area contributed by atoms with Crippen molar-refractivity contribution < 1.29 is 19.1 Å². The predicted molar refractivity (Wildman–Crippen MR) is 112 cm³/mol. The van der Waals surface area contributed by atoms with Gasteiger partial charge < -0.3 is 4.74 Å². The molecule has 1 atom stereocenters. The van der Waals surface area contributed by atoms with Gasteiger partial charge in [-0.05, 0) is 35.6 Å². The highest BCUT2D eigenvalue weighted by Gasteiger charge is 2.40. The monoisotopic (exact) mass is 394 g/mol. The van der Waals surface area contributed by atoms with Gasteiger partial charge in [-0.2, -0.15) is 0 Å². The number of hydrogen-bond donors (Lipinski definition) is 1. The van der Waals surface area contributed by atoms with E-state index in [4.69, 9.17) is 0 Å². The summed E-state index contributed by atoms with van der Waals surface area (Å²) in [5.74, 6) is -1.70. The van der Waals surface area contributed by atoms with Gasteiger partial charge in [-0.15, -0.1) is 0 Å². The molecule has 1 unspecified atom stereocenters. The van der Waals surface area contributed by atoms with Crippen molar-refractivity contribution >= 4 is 29.0 Å². The lowest BCUT2D eigenvalue weighted by Gasteiger charge is -2.23.